The molecule has 2 aromatic rings. The predicted octanol–water partition coefficient (Wildman–Crippen LogP) is 12.5. The Hall–Kier alpha value is -2.55. The first kappa shape index (κ1) is 47.6. The van der Waals surface area contributed by atoms with Crippen LogP contribution in [0.4, 0.5) is 5.95 Å². The lowest BCUT2D eigenvalue weighted by Gasteiger charge is -2.17. The minimum Gasteiger partial charge on any atom is -0.369 e. The number of nitrogens with one attached hydrogen (secondary N) is 1. The number of ketones is 2. The van der Waals surface area contributed by atoms with E-state index >= 15 is 0 Å². The minimum atomic E-state index is -0.519. The zero-order valence-corrected chi connectivity index (χ0v) is 35.0. The normalized spacial score (nSPS) is 11.7. The first-order valence-corrected chi connectivity index (χ1v) is 22.8. The Labute approximate surface area is 329 Å². The second-order valence-electron chi connectivity index (χ2n) is 16.1. The average Bonchev–Trinajstić information content (AvgIpc) is 3.56. The quantitative estimate of drug-likeness (QED) is 0.0649. The van der Waals surface area contributed by atoms with E-state index in [1.54, 1.807) is 4.57 Å². The number of fused-ring (bicyclic) bond motifs is 1. The summed E-state index contributed by atoms with van der Waals surface area (Å²) in [5, 5.41) is 0. The fourth-order valence-electron chi connectivity index (χ4n) is 7.54. The number of imidazole rings is 1. The van der Waals surface area contributed by atoms with Crippen molar-refractivity contribution < 1.29 is 14.3 Å². The molecule has 9 nitrogen and oxygen atoms in total. The number of rotatable bonds is 39. The largest absolute Gasteiger partial charge is 0.369 e. The summed E-state index contributed by atoms with van der Waals surface area (Å²) >= 11 is 0. The van der Waals surface area contributed by atoms with Crippen LogP contribution in [0.2, 0.25) is 0 Å². The Morgan fingerprint density at radius 1 is 0.611 bits per heavy atom. The summed E-state index contributed by atoms with van der Waals surface area (Å²) in [6, 6.07) is 0. The average molecular weight is 756 g/mol. The van der Waals surface area contributed by atoms with Crippen LogP contribution in [-0.2, 0) is 21.1 Å². The zero-order chi connectivity index (χ0) is 38.9. The maximum Gasteiger partial charge on any atom is 0.280 e. The predicted molar refractivity (Wildman–Crippen MR) is 226 cm³/mol. The van der Waals surface area contributed by atoms with Gasteiger partial charge in [-0.15, -0.1) is 0 Å². The van der Waals surface area contributed by atoms with Crippen LogP contribution in [0.15, 0.2) is 11.1 Å². The number of nitrogens with two attached hydrogens (primary N) is 1. The van der Waals surface area contributed by atoms with Gasteiger partial charge in [-0.1, -0.05) is 194 Å². The number of hydrogen-bond acceptors (Lipinski definition) is 7. The van der Waals surface area contributed by atoms with E-state index in [1.807, 2.05) is 0 Å². The molecule has 0 aliphatic rings. The molecule has 0 fully saturated rings. The van der Waals surface area contributed by atoms with Gasteiger partial charge in [0, 0.05) is 25.7 Å². The number of hydrogen-bond donors (Lipinski definition) is 2. The van der Waals surface area contributed by atoms with E-state index in [0.717, 1.165) is 25.7 Å². The number of H-pyrrole nitrogens is 1. The lowest BCUT2D eigenvalue weighted by atomic mass is 9.99. The van der Waals surface area contributed by atoms with Crippen molar-refractivity contribution in [2.45, 2.75) is 245 Å². The summed E-state index contributed by atoms with van der Waals surface area (Å²) < 4.78 is 7.76. The minimum absolute atomic E-state index is 0.00292. The molecule has 0 aliphatic carbocycles. The highest BCUT2D eigenvalue weighted by molar-refractivity contribution is 5.82. The van der Waals surface area contributed by atoms with Crippen LogP contribution < -0.4 is 11.3 Å². The molecule has 0 spiro atoms. The van der Waals surface area contributed by atoms with Crippen molar-refractivity contribution in [2.75, 3.05) is 5.73 Å². The summed E-state index contributed by atoms with van der Waals surface area (Å²) in [6.07, 6.45) is 41.2. The zero-order valence-electron chi connectivity index (χ0n) is 35.0. The van der Waals surface area contributed by atoms with Gasteiger partial charge in [-0.3, -0.25) is 23.9 Å². The van der Waals surface area contributed by atoms with Crippen molar-refractivity contribution in [1.29, 1.82) is 0 Å². The van der Waals surface area contributed by atoms with E-state index in [2.05, 4.69) is 28.8 Å². The van der Waals surface area contributed by atoms with Crippen molar-refractivity contribution >= 4 is 28.7 Å². The second kappa shape index (κ2) is 32.7. The third-order valence-corrected chi connectivity index (χ3v) is 11.0. The first-order chi connectivity index (χ1) is 26.4. The summed E-state index contributed by atoms with van der Waals surface area (Å²) in [4.78, 5) is 49.2. The van der Waals surface area contributed by atoms with E-state index < -0.39 is 11.7 Å². The third kappa shape index (κ3) is 24.1. The number of carbonyl (C=O) groups excluding carboxylic acids is 2. The van der Waals surface area contributed by atoms with Crippen molar-refractivity contribution in [2.24, 2.45) is 0 Å². The molecule has 0 aliphatic heterocycles. The summed E-state index contributed by atoms with van der Waals surface area (Å²) in [6.45, 7) is 4.58. The van der Waals surface area contributed by atoms with Gasteiger partial charge in [-0.2, -0.15) is 4.98 Å². The molecule has 9 heteroatoms. The molecule has 54 heavy (non-hydrogen) atoms. The van der Waals surface area contributed by atoms with Crippen molar-refractivity contribution in [3.63, 3.8) is 0 Å². The second-order valence-corrected chi connectivity index (χ2v) is 16.1. The molecule has 0 unspecified atom stereocenters. The third-order valence-electron chi connectivity index (χ3n) is 11.0. The number of aromatic nitrogens is 4. The SMILES string of the molecule is CCCCCCCCCCCCCCCCCC(=O)CC(CC(=O)CCCCCCCCCCCCCCCCC)OCn1cnc2c(=O)[nH]c(N)nc21. The Kier molecular flexibility index (Phi) is 28.8. The Morgan fingerprint density at radius 3 is 1.33 bits per heavy atom. The molecular weight excluding hydrogens is 675 g/mol. The van der Waals surface area contributed by atoms with E-state index in [4.69, 9.17) is 10.5 Å². The van der Waals surface area contributed by atoms with Crippen molar-refractivity contribution in [3.8, 4) is 0 Å². The number of anilines is 1. The van der Waals surface area contributed by atoms with Gasteiger partial charge in [-0.25, -0.2) is 4.98 Å². The smallest absolute Gasteiger partial charge is 0.280 e. The monoisotopic (exact) mass is 756 g/mol. The summed E-state index contributed by atoms with van der Waals surface area (Å²) in [7, 11) is 0. The van der Waals surface area contributed by atoms with Gasteiger partial charge in [0.05, 0.1) is 12.4 Å². The number of carbonyl (C=O) groups is 2. The van der Waals surface area contributed by atoms with Gasteiger partial charge in [0.15, 0.2) is 11.2 Å². The van der Waals surface area contributed by atoms with Gasteiger partial charge < -0.3 is 10.5 Å². The lowest BCUT2D eigenvalue weighted by molar-refractivity contribution is -0.127. The van der Waals surface area contributed by atoms with Crippen LogP contribution in [0.3, 0.4) is 0 Å². The van der Waals surface area contributed by atoms with Crippen LogP contribution >= 0.6 is 0 Å². The van der Waals surface area contributed by atoms with Gasteiger partial charge in [0.25, 0.3) is 5.56 Å². The van der Waals surface area contributed by atoms with Crippen LogP contribution in [0, 0.1) is 0 Å². The molecule has 0 radical (unpaired) electrons. The van der Waals surface area contributed by atoms with E-state index in [9.17, 15) is 14.4 Å². The highest BCUT2D eigenvalue weighted by Crippen LogP contribution is 2.18. The molecule has 0 atom stereocenters. The van der Waals surface area contributed by atoms with Crippen molar-refractivity contribution in [3.05, 3.63) is 16.7 Å². The highest BCUT2D eigenvalue weighted by atomic mass is 16.5. The van der Waals surface area contributed by atoms with Crippen molar-refractivity contribution in [1.82, 2.24) is 19.5 Å². The molecule has 0 aromatic carbocycles. The number of nitrogen functional groups attached to an aromatic ring is 1. The van der Waals surface area contributed by atoms with Crippen LogP contribution in [0.1, 0.15) is 232 Å². The topological polar surface area (TPSA) is 133 Å². The fourth-order valence-corrected chi connectivity index (χ4v) is 7.54. The Bertz CT molecular complexity index is 1230. The van der Waals surface area contributed by atoms with Crippen LogP contribution in [-0.4, -0.2) is 37.2 Å². The van der Waals surface area contributed by atoms with E-state index in [1.165, 1.54) is 173 Å². The Balaban J connectivity index is 1.64. The fraction of sp³-hybridized carbons (Fsp3) is 0.844. The molecule has 3 N–H and O–H groups in total. The van der Waals surface area contributed by atoms with Gasteiger partial charge >= 0.3 is 0 Å². The summed E-state index contributed by atoms with van der Waals surface area (Å²) in [5.74, 6) is 0.288. The number of Topliss-reactive ketones (excluding diaryl/α,β-unsaturated/α-hetero) is 2. The van der Waals surface area contributed by atoms with Gasteiger partial charge in [0.1, 0.15) is 18.3 Å². The van der Waals surface area contributed by atoms with E-state index in [0.29, 0.717) is 18.5 Å². The number of nitrogens with zero attached hydrogens (tertiary/aromatic N) is 3. The molecule has 2 aromatic heterocycles. The molecular formula is C45H81N5O4. The van der Waals surface area contributed by atoms with Crippen LogP contribution in [0.25, 0.3) is 11.2 Å². The standard InChI is InChI=1S/C45H81N5O4/c1-3-5-7-9-11-13-15-17-19-21-23-25-27-29-31-33-39(51)35-41(54-38-50-37-47-42-43(50)48-45(46)49-44(42)53)36-40(52)34-32-30-28-26-24-22-20-18-16-14-12-10-8-6-4-2/h37,41H,3-36,38H2,1-2H3,(H3,46,48,49,53). The maximum absolute atomic E-state index is 13.1. The molecule has 2 heterocycles. The molecule has 0 saturated heterocycles. The molecule has 0 saturated carbocycles. The van der Waals surface area contributed by atoms with Gasteiger partial charge in [-0.05, 0) is 12.8 Å². The lowest BCUT2D eigenvalue weighted by Crippen LogP contribution is -2.23. The van der Waals surface area contributed by atoms with Gasteiger partial charge in [0.2, 0.25) is 5.95 Å². The number of unbranched alkanes of at least 4 members (excludes halogenated alkanes) is 28. The summed E-state index contributed by atoms with van der Waals surface area (Å²) in [5.41, 5.74) is 5.85. The van der Waals surface area contributed by atoms with Crippen LogP contribution in [0.5, 0.6) is 0 Å². The molecule has 0 amide bonds. The Morgan fingerprint density at radius 2 is 0.963 bits per heavy atom. The number of ether oxygens (including phenoxy) is 1. The molecule has 0 bridgehead atoms. The molecule has 310 valence electrons. The maximum atomic E-state index is 13.1. The van der Waals surface area contributed by atoms with E-state index in [-0.39, 0.29) is 42.6 Å². The highest BCUT2D eigenvalue weighted by Gasteiger charge is 2.20. The molecule has 2 rings (SSSR count). The first-order valence-electron chi connectivity index (χ1n) is 22.8. The number of aromatic amines is 1.